The number of hydrogen-bond donors (Lipinski definition) is 2. The number of aliphatic imine (C=N–C) groups is 1. The molecule has 0 spiro atoms. The van der Waals surface area contributed by atoms with Crippen molar-refractivity contribution in [2.75, 3.05) is 12.4 Å². The monoisotopic (exact) mass is 384 g/mol. The number of nitrogens with one attached hydrogen (secondary N) is 1. The molecular weight excluding hydrogens is 367 g/mol. The van der Waals surface area contributed by atoms with Crippen LogP contribution in [0, 0.1) is 0 Å². The van der Waals surface area contributed by atoms with Gasteiger partial charge in [-0.2, -0.15) is 0 Å². The van der Waals surface area contributed by atoms with Crippen molar-refractivity contribution in [2.45, 2.75) is 6.54 Å². The molecule has 5 nitrogen and oxygen atoms in total. The first-order valence-corrected chi connectivity index (χ1v) is 5.89. The van der Waals surface area contributed by atoms with Gasteiger partial charge in [-0.25, -0.2) is 4.99 Å². The third-order valence-corrected chi connectivity index (χ3v) is 2.50. The van der Waals surface area contributed by atoms with Gasteiger partial charge in [-0.3, -0.25) is 4.98 Å². The van der Waals surface area contributed by atoms with E-state index < -0.39 is 0 Å². The summed E-state index contributed by atoms with van der Waals surface area (Å²) in [5, 5.41) is 3.01. The van der Waals surface area contributed by atoms with Crippen LogP contribution in [-0.4, -0.2) is 18.1 Å². The molecule has 0 saturated carbocycles. The van der Waals surface area contributed by atoms with Gasteiger partial charge in [0.05, 0.1) is 19.3 Å². The summed E-state index contributed by atoms with van der Waals surface area (Å²) in [5.41, 5.74) is 7.54. The van der Waals surface area contributed by atoms with E-state index in [1.54, 1.807) is 13.3 Å². The predicted molar refractivity (Wildman–Crippen MR) is 91.6 cm³/mol. The molecule has 1 heterocycles. The minimum absolute atomic E-state index is 0. The normalized spacial score (nSPS) is 10.6. The number of benzene rings is 1. The third-order valence-electron chi connectivity index (χ3n) is 2.50. The highest BCUT2D eigenvalue weighted by atomic mass is 127. The van der Waals surface area contributed by atoms with Crippen LogP contribution in [0.5, 0.6) is 5.75 Å². The standard InChI is InChI=1S/C14H16N4O.HI/c1-19-13-7-5-11(6-8-13)18-14(15)17-10-12-4-2-3-9-16-12;/h2-9H,10H2,1H3,(H3,15,17,18);1H. The van der Waals surface area contributed by atoms with Crippen molar-refractivity contribution in [2.24, 2.45) is 10.7 Å². The largest absolute Gasteiger partial charge is 0.497 e. The van der Waals surface area contributed by atoms with Crippen molar-refractivity contribution in [1.82, 2.24) is 4.98 Å². The van der Waals surface area contributed by atoms with Crippen LogP contribution in [0.15, 0.2) is 53.7 Å². The molecule has 6 heteroatoms. The van der Waals surface area contributed by atoms with Gasteiger partial charge in [0.15, 0.2) is 5.96 Å². The summed E-state index contributed by atoms with van der Waals surface area (Å²) in [7, 11) is 1.63. The Labute approximate surface area is 135 Å². The molecule has 20 heavy (non-hydrogen) atoms. The van der Waals surface area contributed by atoms with Gasteiger partial charge in [-0.15, -0.1) is 24.0 Å². The molecule has 0 saturated heterocycles. The Morgan fingerprint density at radius 1 is 1.25 bits per heavy atom. The molecule has 0 unspecified atom stereocenters. The summed E-state index contributed by atoms with van der Waals surface area (Å²) in [6.45, 7) is 0.454. The summed E-state index contributed by atoms with van der Waals surface area (Å²) in [6, 6.07) is 13.2. The second-order valence-electron chi connectivity index (χ2n) is 3.88. The van der Waals surface area contributed by atoms with Gasteiger partial charge in [-0.05, 0) is 36.4 Å². The predicted octanol–water partition coefficient (Wildman–Crippen LogP) is 2.64. The summed E-state index contributed by atoms with van der Waals surface area (Å²) in [5.74, 6) is 1.16. The molecule has 3 N–H and O–H groups in total. The van der Waals surface area contributed by atoms with Gasteiger partial charge < -0.3 is 15.8 Å². The maximum Gasteiger partial charge on any atom is 0.193 e. The van der Waals surface area contributed by atoms with Crippen LogP contribution in [0.25, 0.3) is 0 Å². The molecule has 2 rings (SSSR count). The number of guanidine groups is 1. The molecule has 1 aromatic carbocycles. The molecule has 0 atom stereocenters. The zero-order valence-electron chi connectivity index (χ0n) is 11.1. The molecule has 1 aromatic heterocycles. The van der Waals surface area contributed by atoms with Gasteiger partial charge in [0.1, 0.15) is 5.75 Å². The van der Waals surface area contributed by atoms with Crippen LogP contribution in [0.2, 0.25) is 0 Å². The third kappa shape index (κ3) is 5.04. The Bertz CT molecular complexity index is 543. The maximum atomic E-state index is 5.80. The molecule has 0 aliphatic heterocycles. The van der Waals surface area contributed by atoms with E-state index >= 15 is 0 Å². The van der Waals surface area contributed by atoms with Crippen molar-refractivity contribution in [1.29, 1.82) is 0 Å². The number of methoxy groups -OCH3 is 1. The second kappa shape index (κ2) is 8.36. The van der Waals surface area contributed by atoms with Crippen LogP contribution in [0.1, 0.15) is 5.69 Å². The van der Waals surface area contributed by atoms with E-state index in [1.165, 1.54) is 0 Å². The topological polar surface area (TPSA) is 72.5 Å². The highest BCUT2D eigenvalue weighted by Crippen LogP contribution is 2.14. The van der Waals surface area contributed by atoms with E-state index in [0.717, 1.165) is 17.1 Å². The second-order valence-corrected chi connectivity index (χ2v) is 3.88. The summed E-state index contributed by atoms with van der Waals surface area (Å²) < 4.78 is 5.08. The van der Waals surface area contributed by atoms with E-state index in [-0.39, 0.29) is 24.0 Å². The minimum Gasteiger partial charge on any atom is -0.497 e. The Hall–Kier alpha value is -1.83. The van der Waals surface area contributed by atoms with Crippen LogP contribution in [0.4, 0.5) is 5.69 Å². The number of aromatic nitrogens is 1. The first-order chi connectivity index (χ1) is 9.28. The SMILES string of the molecule is COc1ccc(NC(N)=NCc2ccccn2)cc1.I. The summed E-state index contributed by atoms with van der Waals surface area (Å²) >= 11 is 0. The highest BCUT2D eigenvalue weighted by Gasteiger charge is 1.97. The number of nitrogens with two attached hydrogens (primary N) is 1. The van der Waals surface area contributed by atoms with Crippen molar-refractivity contribution >= 4 is 35.6 Å². The fourth-order valence-electron chi connectivity index (χ4n) is 1.52. The molecule has 0 fully saturated rings. The Morgan fingerprint density at radius 3 is 2.60 bits per heavy atom. The first-order valence-electron chi connectivity index (χ1n) is 5.89. The molecule has 0 radical (unpaired) electrons. The smallest absolute Gasteiger partial charge is 0.193 e. The van der Waals surface area contributed by atoms with Crippen LogP contribution >= 0.6 is 24.0 Å². The van der Waals surface area contributed by atoms with Gasteiger partial charge in [0.25, 0.3) is 0 Å². The Balaban J connectivity index is 0.00000200. The number of pyridine rings is 1. The molecule has 106 valence electrons. The number of anilines is 1. The highest BCUT2D eigenvalue weighted by molar-refractivity contribution is 14.0. The Kier molecular flexibility index (Phi) is 6.78. The zero-order valence-corrected chi connectivity index (χ0v) is 13.4. The fraction of sp³-hybridized carbons (Fsp3) is 0.143. The van der Waals surface area contributed by atoms with Crippen molar-refractivity contribution in [3.05, 3.63) is 54.4 Å². The maximum absolute atomic E-state index is 5.80. The lowest BCUT2D eigenvalue weighted by Gasteiger charge is -2.06. The first kappa shape index (κ1) is 16.2. The van der Waals surface area contributed by atoms with Crippen molar-refractivity contribution in [3.8, 4) is 5.75 Å². The summed E-state index contributed by atoms with van der Waals surface area (Å²) in [6.07, 6.45) is 1.73. The van der Waals surface area contributed by atoms with Crippen LogP contribution in [-0.2, 0) is 6.54 Å². The van der Waals surface area contributed by atoms with E-state index in [4.69, 9.17) is 10.5 Å². The van der Waals surface area contributed by atoms with Crippen LogP contribution < -0.4 is 15.8 Å². The fourth-order valence-corrected chi connectivity index (χ4v) is 1.52. The minimum atomic E-state index is 0. The number of halogens is 1. The van der Waals surface area contributed by atoms with E-state index in [9.17, 15) is 0 Å². The average molecular weight is 384 g/mol. The Morgan fingerprint density at radius 2 is 2.00 bits per heavy atom. The zero-order chi connectivity index (χ0) is 13.5. The van der Waals surface area contributed by atoms with E-state index in [0.29, 0.717) is 12.5 Å². The number of ether oxygens (including phenoxy) is 1. The molecule has 2 aromatic rings. The van der Waals surface area contributed by atoms with Gasteiger partial charge in [0, 0.05) is 11.9 Å². The molecule has 0 bridgehead atoms. The molecular formula is C14H17IN4O. The number of nitrogens with zero attached hydrogens (tertiary/aromatic N) is 2. The number of hydrogen-bond acceptors (Lipinski definition) is 3. The van der Waals surface area contributed by atoms with Crippen molar-refractivity contribution in [3.63, 3.8) is 0 Å². The van der Waals surface area contributed by atoms with Gasteiger partial charge in [-0.1, -0.05) is 6.07 Å². The number of rotatable bonds is 4. The lowest BCUT2D eigenvalue weighted by molar-refractivity contribution is 0.415. The summed E-state index contributed by atoms with van der Waals surface area (Å²) in [4.78, 5) is 8.40. The quantitative estimate of drug-likeness (QED) is 0.483. The van der Waals surface area contributed by atoms with Crippen LogP contribution in [0.3, 0.4) is 0 Å². The van der Waals surface area contributed by atoms with Crippen molar-refractivity contribution < 1.29 is 4.74 Å². The van der Waals surface area contributed by atoms with Gasteiger partial charge >= 0.3 is 0 Å². The average Bonchev–Trinajstić information content (AvgIpc) is 2.47. The molecule has 0 aliphatic carbocycles. The van der Waals surface area contributed by atoms with E-state index in [2.05, 4.69) is 15.3 Å². The lowest BCUT2D eigenvalue weighted by atomic mass is 10.3. The van der Waals surface area contributed by atoms with E-state index in [1.807, 2.05) is 42.5 Å². The van der Waals surface area contributed by atoms with Gasteiger partial charge in [0.2, 0.25) is 0 Å². The lowest BCUT2D eigenvalue weighted by Crippen LogP contribution is -2.22. The molecule has 0 aliphatic rings. The molecule has 0 amide bonds.